The number of hydrogen-bond acceptors (Lipinski definition) is 4. The second-order valence-electron chi connectivity index (χ2n) is 4.15. The van der Waals surface area contributed by atoms with Crippen LogP contribution in [-0.2, 0) is 4.79 Å². The summed E-state index contributed by atoms with van der Waals surface area (Å²) in [5, 5.41) is 18.6. The SMILES string of the molecule is Cc1cc(-c2ccccc2)c(C#N)c(SCC(=O)O)n1. The maximum Gasteiger partial charge on any atom is 0.313 e. The minimum Gasteiger partial charge on any atom is -0.481 e. The molecule has 0 unspecified atom stereocenters. The summed E-state index contributed by atoms with van der Waals surface area (Å²) in [6, 6.07) is 13.5. The van der Waals surface area contributed by atoms with E-state index in [2.05, 4.69) is 11.1 Å². The lowest BCUT2D eigenvalue weighted by Gasteiger charge is -2.09. The lowest BCUT2D eigenvalue weighted by Crippen LogP contribution is -2.01. The van der Waals surface area contributed by atoms with Crippen LogP contribution in [0.3, 0.4) is 0 Å². The molecule has 1 N–H and O–H groups in total. The van der Waals surface area contributed by atoms with E-state index in [0.717, 1.165) is 28.6 Å². The third-order valence-electron chi connectivity index (χ3n) is 2.64. The summed E-state index contributed by atoms with van der Waals surface area (Å²) in [5.74, 6) is -1.04. The lowest BCUT2D eigenvalue weighted by molar-refractivity contribution is -0.133. The van der Waals surface area contributed by atoms with Gasteiger partial charge in [0.15, 0.2) is 0 Å². The molecule has 0 aliphatic carbocycles. The Bertz CT molecular complexity index is 678. The van der Waals surface area contributed by atoms with Gasteiger partial charge < -0.3 is 5.11 Å². The molecule has 4 nitrogen and oxygen atoms in total. The molecule has 5 heteroatoms. The quantitative estimate of drug-likeness (QED) is 0.873. The molecule has 2 aromatic rings. The molecule has 0 saturated carbocycles. The number of hydrogen-bond donors (Lipinski definition) is 1. The van der Waals surface area contributed by atoms with Crippen molar-refractivity contribution in [1.82, 2.24) is 4.98 Å². The van der Waals surface area contributed by atoms with E-state index >= 15 is 0 Å². The second-order valence-corrected chi connectivity index (χ2v) is 5.12. The van der Waals surface area contributed by atoms with Gasteiger partial charge in [-0.3, -0.25) is 4.79 Å². The number of pyridine rings is 1. The van der Waals surface area contributed by atoms with Crippen LogP contribution in [0.4, 0.5) is 0 Å². The molecule has 1 aromatic heterocycles. The van der Waals surface area contributed by atoms with E-state index < -0.39 is 5.97 Å². The van der Waals surface area contributed by atoms with E-state index in [0.29, 0.717) is 10.6 Å². The van der Waals surface area contributed by atoms with Crippen LogP contribution in [0.1, 0.15) is 11.3 Å². The van der Waals surface area contributed by atoms with Crippen molar-refractivity contribution in [2.24, 2.45) is 0 Å². The van der Waals surface area contributed by atoms with Crippen LogP contribution < -0.4 is 0 Å². The summed E-state index contributed by atoms with van der Waals surface area (Å²) in [4.78, 5) is 15.0. The van der Waals surface area contributed by atoms with E-state index in [1.54, 1.807) is 0 Å². The molecule has 2 rings (SSSR count). The van der Waals surface area contributed by atoms with Crippen molar-refractivity contribution in [2.45, 2.75) is 11.9 Å². The van der Waals surface area contributed by atoms with Gasteiger partial charge in [0.25, 0.3) is 0 Å². The fourth-order valence-electron chi connectivity index (χ4n) is 1.83. The maximum atomic E-state index is 10.7. The third kappa shape index (κ3) is 3.16. The summed E-state index contributed by atoms with van der Waals surface area (Å²) in [7, 11) is 0. The number of aromatic nitrogens is 1. The van der Waals surface area contributed by atoms with Crippen molar-refractivity contribution in [3.8, 4) is 17.2 Å². The second kappa shape index (κ2) is 6.22. The Kier molecular flexibility index (Phi) is 4.38. The van der Waals surface area contributed by atoms with Gasteiger partial charge in [-0.15, -0.1) is 0 Å². The number of carboxylic acids is 1. The van der Waals surface area contributed by atoms with Gasteiger partial charge in [0.2, 0.25) is 0 Å². The Balaban J connectivity index is 2.52. The molecule has 0 saturated heterocycles. The molecule has 0 fully saturated rings. The van der Waals surface area contributed by atoms with Gasteiger partial charge in [-0.1, -0.05) is 42.1 Å². The number of carbonyl (C=O) groups is 1. The number of nitriles is 1. The first-order valence-corrected chi connectivity index (χ1v) is 6.92. The van der Waals surface area contributed by atoms with E-state index in [1.165, 1.54) is 0 Å². The fraction of sp³-hybridized carbons (Fsp3) is 0.133. The molecule has 1 aromatic carbocycles. The minimum atomic E-state index is -0.927. The van der Waals surface area contributed by atoms with Crippen molar-refractivity contribution in [3.63, 3.8) is 0 Å². The van der Waals surface area contributed by atoms with Crippen LogP contribution in [0.25, 0.3) is 11.1 Å². The number of nitrogens with zero attached hydrogens (tertiary/aromatic N) is 2. The highest BCUT2D eigenvalue weighted by molar-refractivity contribution is 7.99. The van der Waals surface area contributed by atoms with Gasteiger partial charge in [0, 0.05) is 11.3 Å². The Hall–Kier alpha value is -2.32. The monoisotopic (exact) mass is 284 g/mol. The maximum absolute atomic E-state index is 10.7. The number of rotatable bonds is 4. The van der Waals surface area contributed by atoms with Crippen LogP contribution >= 0.6 is 11.8 Å². The number of aryl methyl sites for hydroxylation is 1. The molecular formula is C15H12N2O2S. The summed E-state index contributed by atoms with van der Waals surface area (Å²) < 4.78 is 0. The first-order chi connectivity index (χ1) is 9.61. The summed E-state index contributed by atoms with van der Waals surface area (Å²) >= 11 is 1.07. The van der Waals surface area contributed by atoms with Gasteiger partial charge in [0.1, 0.15) is 11.1 Å². The van der Waals surface area contributed by atoms with Crippen molar-refractivity contribution >= 4 is 17.7 Å². The number of aliphatic carboxylic acids is 1. The normalized spacial score (nSPS) is 10.0. The Labute approximate surface area is 121 Å². The number of carboxylic acid groups (broad SMARTS) is 1. The summed E-state index contributed by atoms with van der Waals surface area (Å²) in [5.41, 5.74) is 2.89. The largest absolute Gasteiger partial charge is 0.481 e. The van der Waals surface area contributed by atoms with Gasteiger partial charge in [-0.05, 0) is 18.6 Å². The van der Waals surface area contributed by atoms with Crippen LogP contribution in [0.5, 0.6) is 0 Å². The lowest BCUT2D eigenvalue weighted by atomic mass is 10.0. The van der Waals surface area contributed by atoms with E-state index in [9.17, 15) is 10.1 Å². The molecule has 0 radical (unpaired) electrons. The first-order valence-electron chi connectivity index (χ1n) is 5.93. The third-order valence-corrected chi connectivity index (χ3v) is 3.60. The molecule has 0 aliphatic rings. The fourth-order valence-corrected chi connectivity index (χ4v) is 2.60. The molecule has 0 aliphatic heterocycles. The van der Waals surface area contributed by atoms with E-state index in [-0.39, 0.29) is 5.75 Å². The van der Waals surface area contributed by atoms with Gasteiger partial charge >= 0.3 is 5.97 Å². The van der Waals surface area contributed by atoms with Crippen molar-refractivity contribution in [1.29, 1.82) is 5.26 Å². The molecule has 0 amide bonds. The van der Waals surface area contributed by atoms with Crippen LogP contribution in [0, 0.1) is 18.3 Å². The molecule has 1 heterocycles. The Morgan fingerprint density at radius 3 is 2.70 bits per heavy atom. The van der Waals surface area contributed by atoms with Crippen molar-refractivity contribution in [3.05, 3.63) is 47.7 Å². The zero-order valence-corrected chi connectivity index (χ0v) is 11.6. The van der Waals surface area contributed by atoms with Crippen molar-refractivity contribution in [2.75, 3.05) is 5.75 Å². The molecule has 0 spiro atoms. The predicted molar refractivity (Wildman–Crippen MR) is 77.5 cm³/mol. The van der Waals surface area contributed by atoms with Crippen LogP contribution in [0.15, 0.2) is 41.4 Å². The minimum absolute atomic E-state index is 0.112. The molecule has 20 heavy (non-hydrogen) atoms. The Morgan fingerprint density at radius 2 is 2.10 bits per heavy atom. The topological polar surface area (TPSA) is 74.0 Å². The molecule has 0 atom stereocenters. The van der Waals surface area contributed by atoms with Gasteiger partial charge in [0.05, 0.1) is 11.3 Å². The highest BCUT2D eigenvalue weighted by Gasteiger charge is 2.14. The van der Waals surface area contributed by atoms with Gasteiger partial charge in [-0.2, -0.15) is 5.26 Å². The molecular weight excluding hydrogens is 272 g/mol. The predicted octanol–water partition coefficient (Wildman–Crippen LogP) is 3.11. The standard InChI is InChI=1S/C15H12N2O2S/c1-10-7-12(11-5-3-2-4-6-11)13(8-16)15(17-10)20-9-14(18)19/h2-7H,9H2,1H3,(H,18,19). The smallest absolute Gasteiger partial charge is 0.313 e. The highest BCUT2D eigenvalue weighted by atomic mass is 32.2. The molecule has 0 bridgehead atoms. The Morgan fingerprint density at radius 1 is 1.40 bits per heavy atom. The summed E-state index contributed by atoms with van der Waals surface area (Å²) in [6.45, 7) is 1.83. The number of benzene rings is 1. The zero-order valence-electron chi connectivity index (χ0n) is 10.8. The van der Waals surface area contributed by atoms with Crippen LogP contribution in [-0.4, -0.2) is 21.8 Å². The average Bonchev–Trinajstić information content (AvgIpc) is 2.45. The highest BCUT2D eigenvalue weighted by Crippen LogP contribution is 2.30. The van der Waals surface area contributed by atoms with Crippen molar-refractivity contribution < 1.29 is 9.90 Å². The van der Waals surface area contributed by atoms with E-state index in [1.807, 2.05) is 43.3 Å². The first kappa shape index (κ1) is 14.1. The van der Waals surface area contributed by atoms with Crippen LogP contribution in [0.2, 0.25) is 0 Å². The average molecular weight is 284 g/mol. The summed E-state index contributed by atoms with van der Waals surface area (Å²) in [6.07, 6.45) is 0. The van der Waals surface area contributed by atoms with Gasteiger partial charge in [-0.25, -0.2) is 4.98 Å². The zero-order chi connectivity index (χ0) is 14.5. The van der Waals surface area contributed by atoms with E-state index in [4.69, 9.17) is 5.11 Å². The molecule has 100 valence electrons. The number of thioether (sulfide) groups is 1.